The van der Waals surface area contributed by atoms with Crippen molar-refractivity contribution in [1.29, 1.82) is 0 Å². The average molecular weight is 263 g/mol. The topological polar surface area (TPSA) is 75.6 Å². The van der Waals surface area contributed by atoms with Gasteiger partial charge in [-0.15, -0.1) is 0 Å². The third-order valence-electron chi connectivity index (χ3n) is 3.49. The van der Waals surface area contributed by atoms with Crippen molar-refractivity contribution in [1.82, 2.24) is 5.32 Å². The molecule has 0 aliphatic heterocycles. The molecule has 5 nitrogen and oxygen atoms in total. The average Bonchev–Trinajstić information content (AvgIpc) is 2.33. The quantitative estimate of drug-likeness (QED) is 0.841. The first-order valence-corrected chi connectivity index (χ1v) is 6.23. The summed E-state index contributed by atoms with van der Waals surface area (Å²) in [5.74, 6) is -0.532. The molecule has 1 aromatic carbocycles. The Balaban J connectivity index is 1.99. The fraction of sp³-hybridized carbons (Fsp3) is 0.429. The van der Waals surface area contributed by atoms with Crippen LogP contribution in [-0.2, 0) is 16.0 Å². The smallest absolute Gasteiger partial charge is 0.329 e. The van der Waals surface area contributed by atoms with Crippen LogP contribution in [0.15, 0.2) is 24.3 Å². The zero-order chi connectivity index (χ0) is 13.9. The molecule has 1 amide bonds. The van der Waals surface area contributed by atoms with Gasteiger partial charge >= 0.3 is 5.97 Å². The molecule has 1 aliphatic carbocycles. The minimum Gasteiger partial charge on any atom is -0.497 e. The van der Waals surface area contributed by atoms with Gasteiger partial charge in [-0.05, 0) is 37.0 Å². The lowest BCUT2D eigenvalue weighted by Crippen LogP contribution is -2.59. The van der Waals surface area contributed by atoms with Gasteiger partial charge < -0.3 is 15.2 Å². The molecule has 0 heterocycles. The predicted molar refractivity (Wildman–Crippen MR) is 69.1 cm³/mol. The zero-order valence-electron chi connectivity index (χ0n) is 10.8. The fourth-order valence-electron chi connectivity index (χ4n) is 2.20. The number of carboxylic acids is 1. The Hall–Kier alpha value is -2.04. The number of carboxylic acid groups (broad SMARTS) is 1. The number of ether oxygens (including phenoxy) is 1. The molecule has 0 aromatic heterocycles. The molecule has 0 saturated heterocycles. The van der Waals surface area contributed by atoms with E-state index in [1.165, 1.54) is 0 Å². The standard InChI is InChI=1S/C14H17NO4/c1-19-11-5-2-4-10(8-11)9-12(16)15-14(13(17)18)6-3-7-14/h2,4-5,8H,3,6-7,9H2,1H3,(H,15,16)(H,17,18). The maximum atomic E-state index is 11.9. The third kappa shape index (κ3) is 2.86. The lowest BCUT2D eigenvalue weighted by atomic mass is 9.76. The monoisotopic (exact) mass is 263 g/mol. The normalized spacial score (nSPS) is 16.3. The van der Waals surface area contributed by atoms with Crippen LogP contribution in [-0.4, -0.2) is 29.6 Å². The van der Waals surface area contributed by atoms with Crippen LogP contribution in [0.3, 0.4) is 0 Å². The number of aliphatic carboxylic acids is 1. The molecule has 102 valence electrons. The number of hydrogen-bond acceptors (Lipinski definition) is 3. The number of hydrogen-bond donors (Lipinski definition) is 2. The Morgan fingerprint density at radius 1 is 1.42 bits per heavy atom. The second-order valence-corrected chi connectivity index (χ2v) is 4.82. The van der Waals surface area contributed by atoms with Crippen molar-refractivity contribution in [3.8, 4) is 5.75 Å². The molecule has 1 aromatic rings. The molecule has 19 heavy (non-hydrogen) atoms. The first kappa shape index (κ1) is 13.4. The molecule has 5 heteroatoms. The largest absolute Gasteiger partial charge is 0.497 e. The summed E-state index contributed by atoms with van der Waals surface area (Å²) in [5.41, 5.74) is -0.243. The molecule has 1 saturated carbocycles. The van der Waals surface area contributed by atoms with Crippen molar-refractivity contribution in [3.05, 3.63) is 29.8 Å². The lowest BCUT2D eigenvalue weighted by molar-refractivity contribution is -0.151. The highest BCUT2D eigenvalue weighted by atomic mass is 16.5. The minimum atomic E-state index is -1.05. The van der Waals surface area contributed by atoms with Crippen LogP contribution < -0.4 is 10.1 Å². The second-order valence-electron chi connectivity index (χ2n) is 4.82. The highest BCUT2D eigenvalue weighted by Gasteiger charge is 2.45. The molecule has 0 spiro atoms. The van der Waals surface area contributed by atoms with Crippen LogP contribution in [0.5, 0.6) is 5.75 Å². The Morgan fingerprint density at radius 2 is 2.16 bits per heavy atom. The molecule has 0 bridgehead atoms. The van der Waals surface area contributed by atoms with Crippen molar-refractivity contribution >= 4 is 11.9 Å². The number of nitrogens with one attached hydrogen (secondary N) is 1. The minimum absolute atomic E-state index is 0.159. The van der Waals surface area contributed by atoms with Gasteiger partial charge in [-0.3, -0.25) is 4.79 Å². The summed E-state index contributed by atoms with van der Waals surface area (Å²) in [6.45, 7) is 0. The van der Waals surface area contributed by atoms with Crippen LogP contribution in [0.1, 0.15) is 24.8 Å². The van der Waals surface area contributed by atoms with Crippen LogP contribution in [0, 0.1) is 0 Å². The van der Waals surface area contributed by atoms with Gasteiger partial charge in [-0.1, -0.05) is 12.1 Å². The second kappa shape index (κ2) is 5.30. The van der Waals surface area contributed by atoms with Crippen molar-refractivity contribution in [3.63, 3.8) is 0 Å². The summed E-state index contributed by atoms with van der Waals surface area (Å²) >= 11 is 0. The van der Waals surface area contributed by atoms with E-state index >= 15 is 0 Å². The van der Waals surface area contributed by atoms with Gasteiger partial charge in [0.1, 0.15) is 11.3 Å². The van der Waals surface area contributed by atoms with E-state index in [0.29, 0.717) is 18.6 Å². The van der Waals surface area contributed by atoms with Gasteiger partial charge in [0, 0.05) is 0 Å². The van der Waals surface area contributed by atoms with Gasteiger partial charge in [0.2, 0.25) is 5.91 Å². The van der Waals surface area contributed by atoms with E-state index in [9.17, 15) is 9.59 Å². The first-order valence-electron chi connectivity index (χ1n) is 6.23. The summed E-state index contributed by atoms with van der Waals surface area (Å²) in [6, 6.07) is 7.19. The molecule has 0 atom stereocenters. The Bertz CT molecular complexity index is 494. The first-order chi connectivity index (χ1) is 9.05. The third-order valence-corrected chi connectivity index (χ3v) is 3.49. The van der Waals surface area contributed by atoms with Gasteiger partial charge in [-0.25, -0.2) is 4.79 Å². The highest BCUT2D eigenvalue weighted by molar-refractivity contribution is 5.88. The number of methoxy groups -OCH3 is 1. The molecular formula is C14H17NO4. The van der Waals surface area contributed by atoms with Gasteiger partial charge in [0.15, 0.2) is 0 Å². The number of benzene rings is 1. The lowest BCUT2D eigenvalue weighted by Gasteiger charge is -2.38. The zero-order valence-corrected chi connectivity index (χ0v) is 10.8. The maximum Gasteiger partial charge on any atom is 0.329 e. The highest BCUT2D eigenvalue weighted by Crippen LogP contribution is 2.32. The van der Waals surface area contributed by atoms with Crippen LogP contribution >= 0.6 is 0 Å². The summed E-state index contributed by atoms with van der Waals surface area (Å²) in [4.78, 5) is 23.1. The Kier molecular flexibility index (Phi) is 3.74. The summed E-state index contributed by atoms with van der Waals surface area (Å²) in [5, 5.41) is 11.8. The predicted octanol–water partition coefficient (Wildman–Crippen LogP) is 1.36. The molecule has 1 aliphatic rings. The van der Waals surface area contributed by atoms with E-state index in [1.54, 1.807) is 25.3 Å². The summed E-state index contributed by atoms with van der Waals surface area (Å²) in [6.07, 6.45) is 2.01. The van der Waals surface area contributed by atoms with E-state index < -0.39 is 11.5 Å². The van der Waals surface area contributed by atoms with Crippen molar-refractivity contribution < 1.29 is 19.4 Å². The van der Waals surface area contributed by atoms with Gasteiger partial charge in [-0.2, -0.15) is 0 Å². The molecule has 2 rings (SSSR count). The van der Waals surface area contributed by atoms with Crippen molar-refractivity contribution in [2.75, 3.05) is 7.11 Å². The number of amides is 1. The van der Waals surface area contributed by atoms with E-state index in [-0.39, 0.29) is 12.3 Å². The summed E-state index contributed by atoms with van der Waals surface area (Å²) < 4.78 is 5.08. The van der Waals surface area contributed by atoms with E-state index in [4.69, 9.17) is 9.84 Å². The molecule has 1 fully saturated rings. The Labute approximate surface area is 111 Å². The van der Waals surface area contributed by atoms with E-state index in [2.05, 4.69) is 5.32 Å². The van der Waals surface area contributed by atoms with E-state index in [0.717, 1.165) is 12.0 Å². The molecular weight excluding hydrogens is 246 g/mol. The van der Waals surface area contributed by atoms with Crippen LogP contribution in [0.2, 0.25) is 0 Å². The molecule has 2 N–H and O–H groups in total. The van der Waals surface area contributed by atoms with Crippen molar-refractivity contribution in [2.45, 2.75) is 31.2 Å². The van der Waals surface area contributed by atoms with Gasteiger partial charge in [0.05, 0.1) is 13.5 Å². The van der Waals surface area contributed by atoms with Crippen LogP contribution in [0.25, 0.3) is 0 Å². The fourth-order valence-corrected chi connectivity index (χ4v) is 2.20. The van der Waals surface area contributed by atoms with Crippen molar-refractivity contribution in [2.24, 2.45) is 0 Å². The Morgan fingerprint density at radius 3 is 2.68 bits per heavy atom. The molecule has 0 unspecified atom stereocenters. The SMILES string of the molecule is COc1cccc(CC(=O)NC2(C(=O)O)CCC2)c1. The number of carbonyl (C=O) groups excluding carboxylic acids is 1. The number of carbonyl (C=O) groups is 2. The van der Waals surface area contributed by atoms with Gasteiger partial charge in [0.25, 0.3) is 0 Å². The van der Waals surface area contributed by atoms with E-state index in [1.807, 2.05) is 6.07 Å². The van der Waals surface area contributed by atoms with Crippen LogP contribution in [0.4, 0.5) is 0 Å². The maximum absolute atomic E-state index is 11.9. The number of rotatable bonds is 5. The molecule has 0 radical (unpaired) electrons. The summed E-state index contributed by atoms with van der Waals surface area (Å²) in [7, 11) is 1.56.